The summed E-state index contributed by atoms with van der Waals surface area (Å²) in [6.45, 7) is 2.61. The molecule has 6 heteroatoms. The number of rotatable bonds is 3. The fourth-order valence-corrected chi connectivity index (χ4v) is 6.24. The molecule has 116 valence electrons. The molecule has 3 atom stereocenters. The van der Waals surface area contributed by atoms with Gasteiger partial charge in [-0.3, -0.25) is 0 Å². The maximum atomic E-state index is 12.9. The Bertz CT molecular complexity index is 440. The van der Waals surface area contributed by atoms with Crippen molar-refractivity contribution < 1.29 is 8.42 Å². The number of fused-ring (bicyclic) bond motifs is 1. The topological polar surface area (TPSA) is 66.6 Å². The van der Waals surface area contributed by atoms with Crippen molar-refractivity contribution in [2.45, 2.75) is 51.0 Å². The maximum Gasteiger partial charge on any atom is 0.282 e. The Kier molecular flexibility index (Phi) is 4.36. The van der Waals surface area contributed by atoms with Crippen LogP contribution in [0.1, 0.15) is 44.9 Å². The van der Waals surface area contributed by atoms with Gasteiger partial charge in [0, 0.05) is 25.7 Å². The number of hydrogen-bond donors (Lipinski definition) is 1. The van der Waals surface area contributed by atoms with Gasteiger partial charge >= 0.3 is 0 Å². The van der Waals surface area contributed by atoms with Gasteiger partial charge in [-0.1, -0.05) is 12.8 Å². The van der Waals surface area contributed by atoms with E-state index in [1.807, 2.05) is 4.31 Å². The fraction of sp³-hybridized carbons (Fsp3) is 1.00. The van der Waals surface area contributed by atoms with Crippen LogP contribution >= 0.6 is 0 Å². The summed E-state index contributed by atoms with van der Waals surface area (Å²) in [6, 6.07) is 0.270. The highest BCUT2D eigenvalue weighted by Crippen LogP contribution is 2.38. The molecule has 2 aliphatic heterocycles. The third kappa shape index (κ3) is 2.63. The van der Waals surface area contributed by atoms with Crippen LogP contribution in [0.25, 0.3) is 0 Å². The Morgan fingerprint density at radius 1 is 1.00 bits per heavy atom. The molecule has 3 rings (SSSR count). The van der Waals surface area contributed by atoms with E-state index in [-0.39, 0.29) is 6.04 Å². The molecule has 1 aliphatic carbocycles. The molecule has 0 aromatic heterocycles. The quantitative estimate of drug-likeness (QED) is 0.851. The Labute approximate surface area is 122 Å². The van der Waals surface area contributed by atoms with Gasteiger partial charge in [0.05, 0.1) is 0 Å². The van der Waals surface area contributed by atoms with Crippen LogP contribution in [0.3, 0.4) is 0 Å². The average molecular weight is 301 g/mol. The monoisotopic (exact) mass is 301 g/mol. The molecule has 0 bridgehead atoms. The molecule has 0 spiro atoms. The van der Waals surface area contributed by atoms with Gasteiger partial charge in [-0.25, -0.2) is 0 Å². The Morgan fingerprint density at radius 2 is 1.80 bits per heavy atom. The van der Waals surface area contributed by atoms with E-state index in [0.717, 1.165) is 32.2 Å². The Morgan fingerprint density at radius 3 is 2.60 bits per heavy atom. The van der Waals surface area contributed by atoms with Gasteiger partial charge in [0.25, 0.3) is 10.2 Å². The first kappa shape index (κ1) is 14.8. The third-order valence-corrected chi connectivity index (χ3v) is 7.43. The molecule has 0 aromatic rings. The summed E-state index contributed by atoms with van der Waals surface area (Å²) in [5, 5.41) is 0. The summed E-state index contributed by atoms with van der Waals surface area (Å²) < 4.78 is 29.3. The van der Waals surface area contributed by atoms with E-state index in [4.69, 9.17) is 5.73 Å². The standard InChI is InChI=1S/C14H27N3O2S/c15-10-12-4-3-8-16(11-12)20(18,19)17-9-7-13-5-1-2-6-14(13)17/h12-14H,1-11,15H2. The van der Waals surface area contributed by atoms with Crippen LogP contribution in [0.15, 0.2) is 0 Å². The molecule has 3 unspecified atom stereocenters. The molecule has 1 saturated carbocycles. The lowest BCUT2D eigenvalue weighted by Gasteiger charge is -2.37. The molecule has 0 amide bonds. The molecule has 20 heavy (non-hydrogen) atoms. The third-order valence-electron chi connectivity index (χ3n) is 5.40. The molecular weight excluding hydrogens is 274 g/mol. The molecule has 2 saturated heterocycles. The first-order chi connectivity index (χ1) is 9.63. The van der Waals surface area contributed by atoms with Crippen LogP contribution in [0.5, 0.6) is 0 Å². The highest BCUT2D eigenvalue weighted by atomic mass is 32.2. The van der Waals surface area contributed by atoms with Crippen molar-refractivity contribution in [1.29, 1.82) is 0 Å². The Hall–Kier alpha value is -0.170. The van der Waals surface area contributed by atoms with Crippen molar-refractivity contribution in [2.75, 3.05) is 26.2 Å². The van der Waals surface area contributed by atoms with Crippen LogP contribution in [0.4, 0.5) is 0 Å². The van der Waals surface area contributed by atoms with E-state index in [2.05, 4.69) is 0 Å². The highest BCUT2D eigenvalue weighted by Gasteiger charge is 2.44. The van der Waals surface area contributed by atoms with Crippen molar-refractivity contribution in [1.82, 2.24) is 8.61 Å². The SMILES string of the molecule is NCC1CCCN(S(=O)(=O)N2CCC3CCCCC32)C1. The van der Waals surface area contributed by atoms with Crippen LogP contribution in [0, 0.1) is 11.8 Å². The summed E-state index contributed by atoms with van der Waals surface area (Å²) in [5.41, 5.74) is 5.73. The molecular formula is C14H27N3O2S. The summed E-state index contributed by atoms with van der Waals surface area (Å²) in [5.74, 6) is 0.942. The highest BCUT2D eigenvalue weighted by molar-refractivity contribution is 7.86. The molecule has 0 aromatic carbocycles. The van der Waals surface area contributed by atoms with Crippen LogP contribution in [-0.4, -0.2) is 49.2 Å². The molecule has 3 fully saturated rings. The Balaban J connectivity index is 1.74. The predicted octanol–water partition coefficient (Wildman–Crippen LogP) is 1.17. The number of piperidine rings is 1. The molecule has 5 nitrogen and oxygen atoms in total. The van der Waals surface area contributed by atoms with Gasteiger partial charge in [-0.05, 0) is 50.5 Å². The summed E-state index contributed by atoms with van der Waals surface area (Å²) >= 11 is 0. The van der Waals surface area contributed by atoms with Crippen LogP contribution < -0.4 is 5.73 Å². The smallest absolute Gasteiger partial charge is 0.282 e. The van der Waals surface area contributed by atoms with Gasteiger partial charge in [-0.15, -0.1) is 0 Å². The summed E-state index contributed by atoms with van der Waals surface area (Å²) in [6.07, 6.45) is 7.78. The summed E-state index contributed by atoms with van der Waals surface area (Å²) in [7, 11) is -3.26. The second-order valence-corrected chi connectivity index (χ2v) is 8.50. The normalized spacial score (nSPS) is 37.0. The van der Waals surface area contributed by atoms with E-state index in [9.17, 15) is 8.42 Å². The molecule has 3 aliphatic rings. The predicted molar refractivity (Wildman–Crippen MR) is 79.3 cm³/mol. The first-order valence-electron chi connectivity index (χ1n) is 8.10. The van der Waals surface area contributed by atoms with Gasteiger partial charge < -0.3 is 5.73 Å². The lowest BCUT2D eigenvalue weighted by Crippen LogP contribution is -2.51. The van der Waals surface area contributed by atoms with E-state index in [1.54, 1.807) is 4.31 Å². The fourth-order valence-electron chi connectivity index (χ4n) is 4.23. The van der Waals surface area contributed by atoms with E-state index < -0.39 is 10.2 Å². The van der Waals surface area contributed by atoms with Gasteiger partial charge in [0.2, 0.25) is 0 Å². The lowest BCUT2D eigenvalue weighted by molar-refractivity contribution is 0.221. The van der Waals surface area contributed by atoms with Crippen molar-refractivity contribution in [3.63, 3.8) is 0 Å². The number of nitrogens with zero attached hydrogens (tertiary/aromatic N) is 2. The zero-order valence-electron chi connectivity index (χ0n) is 12.2. The van der Waals surface area contributed by atoms with E-state index in [0.29, 0.717) is 31.5 Å². The molecule has 0 radical (unpaired) electrons. The van der Waals surface area contributed by atoms with Crippen molar-refractivity contribution in [2.24, 2.45) is 17.6 Å². The van der Waals surface area contributed by atoms with Gasteiger partial charge in [-0.2, -0.15) is 17.0 Å². The average Bonchev–Trinajstić information content (AvgIpc) is 2.92. The minimum Gasteiger partial charge on any atom is -0.330 e. The zero-order valence-corrected chi connectivity index (χ0v) is 13.0. The van der Waals surface area contributed by atoms with E-state index >= 15 is 0 Å². The second-order valence-electron chi connectivity index (χ2n) is 6.62. The van der Waals surface area contributed by atoms with E-state index in [1.165, 1.54) is 19.3 Å². The van der Waals surface area contributed by atoms with Crippen molar-refractivity contribution in [3.8, 4) is 0 Å². The zero-order chi connectivity index (χ0) is 14.2. The minimum absolute atomic E-state index is 0.270. The largest absolute Gasteiger partial charge is 0.330 e. The minimum atomic E-state index is -3.26. The lowest BCUT2D eigenvalue weighted by atomic mass is 9.86. The number of hydrogen-bond acceptors (Lipinski definition) is 3. The number of nitrogens with two attached hydrogens (primary N) is 1. The maximum absolute atomic E-state index is 12.9. The summed E-state index contributed by atoms with van der Waals surface area (Å²) in [4.78, 5) is 0. The van der Waals surface area contributed by atoms with Crippen molar-refractivity contribution >= 4 is 10.2 Å². The van der Waals surface area contributed by atoms with Gasteiger partial charge in [0.15, 0.2) is 0 Å². The first-order valence-corrected chi connectivity index (χ1v) is 9.49. The molecule has 2 heterocycles. The van der Waals surface area contributed by atoms with Crippen LogP contribution in [0.2, 0.25) is 0 Å². The molecule has 2 N–H and O–H groups in total. The van der Waals surface area contributed by atoms with Gasteiger partial charge in [0.1, 0.15) is 0 Å². The van der Waals surface area contributed by atoms with Crippen molar-refractivity contribution in [3.05, 3.63) is 0 Å². The van der Waals surface area contributed by atoms with Crippen LogP contribution in [-0.2, 0) is 10.2 Å². The second kappa shape index (κ2) is 5.91.